The lowest BCUT2D eigenvalue weighted by Crippen LogP contribution is -2.35. The summed E-state index contributed by atoms with van der Waals surface area (Å²) in [5.41, 5.74) is 1.04. The summed E-state index contributed by atoms with van der Waals surface area (Å²) in [7, 11) is 0. The fourth-order valence-electron chi connectivity index (χ4n) is 2.63. The van der Waals surface area contributed by atoms with E-state index < -0.39 is 12.1 Å². The molecule has 3 rings (SSSR count). The maximum Gasteiger partial charge on any atom is 0.324 e. The normalized spacial score (nSPS) is 16.6. The third-order valence-electron chi connectivity index (χ3n) is 3.90. The first-order chi connectivity index (χ1) is 12.1. The number of benzene rings is 1. The Bertz CT molecular complexity index is 764. The van der Waals surface area contributed by atoms with Gasteiger partial charge in [-0.2, -0.15) is 0 Å². The average Bonchev–Trinajstić information content (AvgIpc) is 2.88. The minimum Gasteiger partial charge on any atom is -0.325 e. The third-order valence-corrected chi connectivity index (χ3v) is 3.90. The maximum atomic E-state index is 12.4. The van der Waals surface area contributed by atoms with Crippen molar-refractivity contribution in [2.45, 2.75) is 18.9 Å². The fraction of sp³-hybridized carbons (Fsp3) is 0.222. The molecule has 1 aliphatic rings. The van der Waals surface area contributed by atoms with E-state index in [9.17, 15) is 14.4 Å². The summed E-state index contributed by atoms with van der Waals surface area (Å²) in [5.74, 6) is -0.343. The molecule has 0 radical (unpaired) electrons. The van der Waals surface area contributed by atoms with Crippen LogP contribution in [-0.2, 0) is 16.0 Å². The molecule has 4 amide bonds. The number of carbonyl (C=O) groups excluding carboxylic acids is 3. The van der Waals surface area contributed by atoms with Crippen LogP contribution in [0, 0.1) is 0 Å². The van der Waals surface area contributed by atoms with Crippen LogP contribution in [0.4, 0.5) is 10.6 Å². The second-order valence-electron chi connectivity index (χ2n) is 5.69. The lowest BCUT2D eigenvalue weighted by atomic mass is 10.1. The zero-order chi connectivity index (χ0) is 17.6. The molecule has 1 fully saturated rings. The van der Waals surface area contributed by atoms with E-state index in [0.29, 0.717) is 12.2 Å². The highest BCUT2D eigenvalue weighted by Crippen LogP contribution is 2.12. The summed E-state index contributed by atoms with van der Waals surface area (Å²) >= 11 is 0. The number of aromatic nitrogens is 1. The van der Waals surface area contributed by atoms with Gasteiger partial charge in [0.15, 0.2) is 0 Å². The Labute approximate surface area is 145 Å². The molecule has 1 aromatic carbocycles. The van der Waals surface area contributed by atoms with Gasteiger partial charge in [0.25, 0.3) is 5.91 Å². The zero-order valence-corrected chi connectivity index (χ0v) is 13.5. The van der Waals surface area contributed by atoms with Crippen LogP contribution >= 0.6 is 0 Å². The largest absolute Gasteiger partial charge is 0.325 e. The standard InChI is InChI=1S/C18H18N4O3/c23-16(21-15-8-4-5-10-19-15)12-14-17(24)22(18(25)20-14)11-9-13-6-2-1-3-7-13/h1-8,10,14H,9,11-12H2,(H,20,25)(H,19,21,23). The number of pyridine rings is 1. The molecule has 0 bridgehead atoms. The smallest absolute Gasteiger partial charge is 0.324 e. The predicted octanol–water partition coefficient (Wildman–Crippen LogP) is 1.57. The van der Waals surface area contributed by atoms with Gasteiger partial charge in [0.2, 0.25) is 5.91 Å². The molecule has 1 saturated heterocycles. The molecule has 1 atom stereocenters. The van der Waals surface area contributed by atoms with E-state index in [2.05, 4.69) is 15.6 Å². The molecule has 1 aromatic heterocycles. The molecule has 2 aromatic rings. The third kappa shape index (κ3) is 4.20. The Morgan fingerprint density at radius 1 is 1.12 bits per heavy atom. The number of hydrogen-bond acceptors (Lipinski definition) is 4. The molecule has 1 aliphatic heterocycles. The molecule has 128 valence electrons. The van der Waals surface area contributed by atoms with Crippen LogP contribution in [0.2, 0.25) is 0 Å². The predicted molar refractivity (Wildman–Crippen MR) is 91.7 cm³/mol. The van der Waals surface area contributed by atoms with Crippen LogP contribution in [0.15, 0.2) is 54.7 Å². The number of urea groups is 1. The topological polar surface area (TPSA) is 91.4 Å². The minimum atomic E-state index is -0.841. The number of nitrogens with zero attached hydrogens (tertiary/aromatic N) is 2. The highest BCUT2D eigenvalue weighted by molar-refractivity contribution is 6.06. The van der Waals surface area contributed by atoms with Crippen molar-refractivity contribution < 1.29 is 14.4 Å². The minimum absolute atomic E-state index is 0.122. The molecule has 0 spiro atoms. The molecular formula is C18H18N4O3. The second-order valence-corrected chi connectivity index (χ2v) is 5.69. The number of nitrogens with one attached hydrogen (secondary N) is 2. The van der Waals surface area contributed by atoms with Crippen molar-refractivity contribution in [2.24, 2.45) is 0 Å². The van der Waals surface area contributed by atoms with Crippen molar-refractivity contribution in [3.8, 4) is 0 Å². The lowest BCUT2D eigenvalue weighted by molar-refractivity contribution is -0.129. The van der Waals surface area contributed by atoms with Gasteiger partial charge in [-0.25, -0.2) is 9.78 Å². The Morgan fingerprint density at radius 3 is 2.60 bits per heavy atom. The average molecular weight is 338 g/mol. The van der Waals surface area contributed by atoms with Gasteiger partial charge in [0.1, 0.15) is 11.9 Å². The number of amides is 4. The number of imide groups is 1. The number of carbonyl (C=O) groups is 3. The highest BCUT2D eigenvalue weighted by atomic mass is 16.2. The van der Waals surface area contributed by atoms with Crippen molar-refractivity contribution >= 4 is 23.7 Å². The van der Waals surface area contributed by atoms with Gasteiger partial charge >= 0.3 is 6.03 Å². The quantitative estimate of drug-likeness (QED) is 0.782. The van der Waals surface area contributed by atoms with E-state index in [-0.39, 0.29) is 24.8 Å². The summed E-state index contributed by atoms with van der Waals surface area (Å²) < 4.78 is 0. The Morgan fingerprint density at radius 2 is 1.88 bits per heavy atom. The highest BCUT2D eigenvalue weighted by Gasteiger charge is 2.38. The van der Waals surface area contributed by atoms with E-state index in [1.807, 2.05) is 30.3 Å². The molecule has 7 heteroatoms. The van der Waals surface area contributed by atoms with Crippen LogP contribution < -0.4 is 10.6 Å². The van der Waals surface area contributed by atoms with Crippen LogP contribution in [-0.4, -0.2) is 40.3 Å². The monoisotopic (exact) mass is 338 g/mol. The van der Waals surface area contributed by atoms with Crippen molar-refractivity contribution in [1.82, 2.24) is 15.2 Å². The van der Waals surface area contributed by atoms with Crippen LogP contribution in [0.3, 0.4) is 0 Å². The van der Waals surface area contributed by atoms with Gasteiger partial charge < -0.3 is 10.6 Å². The van der Waals surface area contributed by atoms with Gasteiger partial charge in [0, 0.05) is 12.7 Å². The van der Waals surface area contributed by atoms with Gasteiger partial charge in [-0.15, -0.1) is 0 Å². The van der Waals surface area contributed by atoms with Crippen molar-refractivity contribution in [3.63, 3.8) is 0 Å². The van der Waals surface area contributed by atoms with Crippen LogP contribution in [0.1, 0.15) is 12.0 Å². The SMILES string of the molecule is O=C(CC1NC(=O)N(CCc2ccccc2)C1=O)Nc1ccccn1. The van der Waals surface area contributed by atoms with Gasteiger partial charge in [-0.1, -0.05) is 36.4 Å². The number of anilines is 1. The van der Waals surface area contributed by atoms with Crippen LogP contribution in [0.5, 0.6) is 0 Å². The summed E-state index contributed by atoms with van der Waals surface area (Å²) in [4.78, 5) is 41.6. The van der Waals surface area contributed by atoms with Gasteiger partial charge in [-0.3, -0.25) is 14.5 Å². The molecule has 0 saturated carbocycles. The first-order valence-electron chi connectivity index (χ1n) is 8.00. The fourth-order valence-corrected chi connectivity index (χ4v) is 2.63. The van der Waals surface area contributed by atoms with E-state index in [4.69, 9.17) is 0 Å². The van der Waals surface area contributed by atoms with Crippen LogP contribution in [0.25, 0.3) is 0 Å². The van der Waals surface area contributed by atoms with E-state index in [1.54, 1.807) is 24.4 Å². The van der Waals surface area contributed by atoms with Gasteiger partial charge in [0.05, 0.1) is 6.42 Å². The van der Waals surface area contributed by atoms with E-state index in [1.165, 1.54) is 0 Å². The lowest BCUT2D eigenvalue weighted by Gasteiger charge is -2.13. The molecule has 7 nitrogen and oxygen atoms in total. The van der Waals surface area contributed by atoms with E-state index >= 15 is 0 Å². The molecule has 2 N–H and O–H groups in total. The molecule has 25 heavy (non-hydrogen) atoms. The Hall–Kier alpha value is -3.22. The molecule has 0 aliphatic carbocycles. The molecule has 1 unspecified atom stereocenters. The summed E-state index contributed by atoms with van der Waals surface area (Å²) in [6.45, 7) is 0.285. The second kappa shape index (κ2) is 7.57. The van der Waals surface area contributed by atoms with Gasteiger partial charge in [-0.05, 0) is 24.1 Å². The maximum absolute atomic E-state index is 12.4. The number of hydrogen-bond donors (Lipinski definition) is 2. The van der Waals surface area contributed by atoms with Crippen molar-refractivity contribution in [2.75, 3.05) is 11.9 Å². The molecule has 2 heterocycles. The Balaban J connectivity index is 1.54. The number of rotatable bonds is 6. The summed E-state index contributed by atoms with van der Waals surface area (Å²) in [5, 5.41) is 5.17. The zero-order valence-electron chi connectivity index (χ0n) is 13.5. The van der Waals surface area contributed by atoms with Crippen molar-refractivity contribution in [3.05, 3.63) is 60.3 Å². The summed E-state index contributed by atoms with van der Waals surface area (Å²) in [6, 6.07) is 13.4. The molecular weight excluding hydrogens is 320 g/mol. The Kier molecular flexibility index (Phi) is 5.03. The first kappa shape index (κ1) is 16.6. The van der Waals surface area contributed by atoms with E-state index in [0.717, 1.165) is 10.5 Å². The first-order valence-corrected chi connectivity index (χ1v) is 8.00. The summed E-state index contributed by atoms with van der Waals surface area (Å²) in [6.07, 6.45) is 2.01. The van der Waals surface area contributed by atoms with Crippen molar-refractivity contribution in [1.29, 1.82) is 0 Å².